The average molecular weight is 408 g/mol. The summed E-state index contributed by atoms with van der Waals surface area (Å²) in [4.78, 5) is 0. The maximum Gasteiger partial charge on any atom is 0.279 e. The van der Waals surface area contributed by atoms with Gasteiger partial charge in [-0.1, -0.05) is 77.9 Å². The Labute approximate surface area is 176 Å². The molecule has 0 spiro atoms. The molecule has 0 atom stereocenters. The number of benzene rings is 2. The summed E-state index contributed by atoms with van der Waals surface area (Å²) in [5, 5.41) is 2.32. The smallest absolute Gasteiger partial charge is 0.279 e. The van der Waals surface area contributed by atoms with Crippen molar-refractivity contribution < 1.29 is 9.05 Å². The standard InChI is InChI=1S/C26H32O2P/c1-20-18-23(25(2,3)4)29(24(19-20)26(5,6)7,27-21-14-10-8-11-15-21)28-22-16-12-9-13-17-22/h8-19H,1H2,2-7H3/q+1. The molecule has 2 nitrogen and oxygen atoms in total. The van der Waals surface area contributed by atoms with Gasteiger partial charge in [0.1, 0.15) is 17.1 Å². The van der Waals surface area contributed by atoms with Crippen molar-refractivity contribution in [1.29, 1.82) is 0 Å². The van der Waals surface area contributed by atoms with Gasteiger partial charge in [-0.3, -0.25) is 0 Å². The van der Waals surface area contributed by atoms with Gasteiger partial charge < -0.3 is 9.05 Å². The lowest BCUT2D eigenvalue weighted by Crippen LogP contribution is -2.31. The molecule has 0 amide bonds. The third kappa shape index (κ3) is 4.65. The molecular weight excluding hydrogens is 375 g/mol. The van der Waals surface area contributed by atoms with Gasteiger partial charge in [-0.25, -0.2) is 0 Å². The number of para-hydroxylation sites is 2. The van der Waals surface area contributed by atoms with Crippen LogP contribution in [-0.4, -0.2) is 5.29 Å². The topological polar surface area (TPSA) is 18.5 Å². The SMILES string of the molecule is C=C1C=C(C(C)(C)C)P(Oc2ccccc2)(Oc2ccccc2)=C(C(C)(C)C)[CH+]1. The summed E-state index contributed by atoms with van der Waals surface area (Å²) in [6.45, 7) is 17.6. The van der Waals surface area contributed by atoms with Crippen LogP contribution in [0, 0.1) is 17.3 Å². The van der Waals surface area contributed by atoms with Gasteiger partial charge in [-0.15, -0.1) is 0 Å². The van der Waals surface area contributed by atoms with Gasteiger partial charge in [0, 0.05) is 17.4 Å². The molecule has 1 aliphatic rings. The summed E-state index contributed by atoms with van der Waals surface area (Å²) >= 11 is 0. The summed E-state index contributed by atoms with van der Waals surface area (Å²) in [5.41, 5.74) is 0.694. The van der Waals surface area contributed by atoms with Crippen molar-refractivity contribution in [3.63, 3.8) is 0 Å². The first-order valence-corrected chi connectivity index (χ1v) is 11.7. The first-order chi connectivity index (χ1) is 13.5. The van der Waals surface area contributed by atoms with Crippen molar-refractivity contribution in [2.24, 2.45) is 10.8 Å². The molecular formula is C26H32O2P+. The Morgan fingerprint density at radius 3 is 1.55 bits per heavy atom. The van der Waals surface area contributed by atoms with Crippen LogP contribution in [0.5, 0.6) is 11.5 Å². The highest BCUT2D eigenvalue weighted by atomic mass is 31.2. The van der Waals surface area contributed by atoms with Crippen LogP contribution in [0.1, 0.15) is 41.5 Å². The molecule has 1 heterocycles. The number of allylic oxidation sites excluding steroid dienone is 3. The van der Waals surface area contributed by atoms with Crippen LogP contribution in [0.25, 0.3) is 0 Å². The van der Waals surface area contributed by atoms with Gasteiger partial charge in [0.05, 0.1) is 23.1 Å². The molecule has 2 aromatic rings. The van der Waals surface area contributed by atoms with Crippen LogP contribution >= 0.6 is 7.34 Å². The zero-order chi connectivity index (χ0) is 21.3. The van der Waals surface area contributed by atoms with E-state index in [-0.39, 0.29) is 10.8 Å². The summed E-state index contributed by atoms with van der Waals surface area (Å²) < 4.78 is 13.8. The van der Waals surface area contributed by atoms with E-state index in [0.717, 1.165) is 27.7 Å². The lowest BCUT2D eigenvalue weighted by Gasteiger charge is -2.40. The highest BCUT2D eigenvalue weighted by Gasteiger charge is 2.48. The molecule has 0 saturated heterocycles. The predicted molar refractivity (Wildman–Crippen MR) is 127 cm³/mol. The van der Waals surface area contributed by atoms with Gasteiger partial charge in [0.15, 0.2) is 0 Å². The first kappa shape index (κ1) is 21.4. The highest BCUT2D eigenvalue weighted by Crippen LogP contribution is 2.67. The fourth-order valence-electron chi connectivity index (χ4n) is 3.48. The lowest BCUT2D eigenvalue weighted by molar-refractivity contribution is 0.452. The molecule has 1 aliphatic heterocycles. The minimum atomic E-state index is -2.67. The molecule has 152 valence electrons. The van der Waals surface area contributed by atoms with E-state index in [1.165, 1.54) is 0 Å². The van der Waals surface area contributed by atoms with E-state index in [1.807, 2.05) is 60.7 Å². The van der Waals surface area contributed by atoms with E-state index in [9.17, 15) is 0 Å². The van der Waals surface area contributed by atoms with E-state index in [1.54, 1.807) is 0 Å². The second kappa shape index (κ2) is 7.84. The molecule has 29 heavy (non-hydrogen) atoms. The average Bonchev–Trinajstić information content (AvgIpc) is 2.63. The summed E-state index contributed by atoms with van der Waals surface area (Å²) in [7, 11) is -2.67. The van der Waals surface area contributed by atoms with E-state index in [0.29, 0.717) is 0 Å². The molecule has 0 aromatic heterocycles. The number of rotatable bonds is 4. The van der Waals surface area contributed by atoms with E-state index in [2.05, 4.69) is 60.6 Å². The Morgan fingerprint density at radius 1 is 0.724 bits per heavy atom. The maximum atomic E-state index is 6.88. The number of hydrogen-bond acceptors (Lipinski definition) is 2. The lowest BCUT2D eigenvalue weighted by atomic mass is 9.87. The van der Waals surface area contributed by atoms with Crippen molar-refractivity contribution in [1.82, 2.24) is 0 Å². The van der Waals surface area contributed by atoms with Crippen LogP contribution in [0.4, 0.5) is 0 Å². The Hall–Kier alpha value is -2.31. The molecule has 3 rings (SSSR count). The van der Waals surface area contributed by atoms with E-state index < -0.39 is 7.34 Å². The molecule has 0 N–H and O–H groups in total. The second-order valence-corrected chi connectivity index (χ2v) is 11.9. The van der Waals surface area contributed by atoms with E-state index >= 15 is 0 Å². The zero-order valence-electron chi connectivity index (χ0n) is 18.4. The molecule has 3 heteroatoms. The summed E-state index contributed by atoms with van der Waals surface area (Å²) in [5.74, 6) is 1.63. The minimum Gasteiger partial charge on any atom is -0.438 e. The first-order valence-electron chi connectivity index (χ1n) is 10.1. The van der Waals surface area contributed by atoms with Crippen molar-refractivity contribution >= 4 is 12.6 Å². The number of hydrogen-bond donors (Lipinski definition) is 0. The Bertz CT molecular complexity index is 910. The van der Waals surface area contributed by atoms with Crippen LogP contribution in [0.15, 0.2) is 84.2 Å². The Balaban J connectivity index is 2.35. The molecule has 0 radical (unpaired) electrons. The quantitative estimate of drug-likeness (QED) is 0.379. The maximum absolute atomic E-state index is 6.88. The van der Waals surface area contributed by atoms with Gasteiger partial charge in [0.2, 0.25) is 0 Å². The monoisotopic (exact) mass is 407 g/mol. The zero-order valence-corrected chi connectivity index (χ0v) is 19.3. The highest BCUT2D eigenvalue weighted by molar-refractivity contribution is 7.72. The van der Waals surface area contributed by atoms with Crippen molar-refractivity contribution in [3.05, 3.63) is 90.6 Å². The van der Waals surface area contributed by atoms with Crippen molar-refractivity contribution in [2.75, 3.05) is 0 Å². The molecule has 0 unspecified atom stereocenters. The molecule has 0 aliphatic carbocycles. The normalized spacial score (nSPS) is 16.7. The largest absolute Gasteiger partial charge is 0.438 e. The van der Waals surface area contributed by atoms with Crippen molar-refractivity contribution in [3.8, 4) is 11.5 Å². The van der Waals surface area contributed by atoms with Crippen LogP contribution in [0.3, 0.4) is 0 Å². The Morgan fingerprint density at radius 2 is 1.17 bits per heavy atom. The van der Waals surface area contributed by atoms with Crippen LogP contribution < -0.4 is 9.05 Å². The van der Waals surface area contributed by atoms with Crippen LogP contribution in [-0.2, 0) is 0 Å². The minimum absolute atomic E-state index is 0.148. The van der Waals surface area contributed by atoms with E-state index in [4.69, 9.17) is 9.05 Å². The molecule has 0 saturated carbocycles. The predicted octanol–water partition coefficient (Wildman–Crippen LogP) is 7.91. The summed E-state index contributed by atoms with van der Waals surface area (Å²) in [6, 6.07) is 20.0. The summed E-state index contributed by atoms with van der Waals surface area (Å²) in [6.07, 6.45) is 4.32. The molecule has 0 bridgehead atoms. The molecule has 0 fully saturated rings. The van der Waals surface area contributed by atoms with Gasteiger partial charge in [-0.2, -0.15) is 0 Å². The van der Waals surface area contributed by atoms with Crippen LogP contribution in [0.2, 0.25) is 0 Å². The Kier molecular flexibility index (Phi) is 5.79. The second-order valence-electron chi connectivity index (χ2n) is 9.49. The van der Waals surface area contributed by atoms with Crippen molar-refractivity contribution in [2.45, 2.75) is 41.5 Å². The third-order valence-electron chi connectivity index (χ3n) is 4.77. The van der Waals surface area contributed by atoms with Gasteiger partial charge in [0.25, 0.3) is 7.34 Å². The fourth-order valence-corrected chi connectivity index (χ4v) is 7.45. The fraction of sp³-hybridized carbons (Fsp3) is 0.308. The molecule has 2 aromatic carbocycles. The third-order valence-corrected chi connectivity index (χ3v) is 8.57. The van der Waals surface area contributed by atoms with Gasteiger partial charge >= 0.3 is 0 Å². The van der Waals surface area contributed by atoms with Gasteiger partial charge in [-0.05, 0) is 24.3 Å².